The van der Waals surface area contributed by atoms with E-state index in [9.17, 15) is 4.79 Å². The molecule has 3 aromatic rings. The van der Waals surface area contributed by atoms with Crippen LogP contribution in [-0.2, 0) is 17.8 Å². The second kappa shape index (κ2) is 9.22. The van der Waals surface area contributed by atoms with Gasteiger partial charge in [0.25, 0.3) is 0 Å². The van der Waals surface area contributed by atoms with E-state index in [1.807, 2.05) is 30.9 Å². The van der Waals surface area contributed by atoms with Gasteiger partial charge in [0.05, 0.1) is 11.2 Å². The van der Waals surface area contributed by atoms with Crippen LogP contribution >= 0.6 is 23.2 Å². The summed E-state index contributed by atoms with van der Waals surface area (Å²) in [5.74, 6) is 1.10. The summed E-state index contributed by atoms with van der Waals surface area (Å²) in [6.45, 7) is 4.53. The SMILES string of the molecule is CC(C)N(Cc1cccnc1)C(=O)CCc1ncc(-c2ccc(Cl)cc2Cl)o1. The summed E-state index contributed by atoms with van der Waals surface area (Å²) in [6.07, 6.45) is 5.84. The standard InChI is InChI=1S/C21H21Cl2N3O2/c1-14(2)26(13-15-4-3-9-24-11-15)21(27)8-7-20-25-12-19(28-20)17-6-5-16(22)10-18(17)23/h3-6,9-12,14H,7-8,13H2,1-2H3. The first-order chi connectivity index (χ1) is 13.4. The number of oxazole rings is 1. The van der Waals surface area contributed by atoms with E-state index in [0.717, 1.165) is 11.1 Å². The molecule has 0 N–H and O–H groups in total. The summed E-state index contributed by atoms with van der Waals surface area (Å²) >= 11 is 12.1. The number of halogens is 2. The molecule has 1 aromatic carbocycles. The fourth-order valence-electron chi connectivity index (χ4n) is 2.84. The average molecular weight is 418 g/mol. The van der Waals surface area contributed by atoms with Gasteiger partial charge in [0.15, 0.2) is 11.7 Å². The maximum Gasteiger partial charge on any atom is 0.223 e. The largest absolute Gasteiger partial charge is 0.441 e. The minimum Gasteiger partial charge on any atom is -0.441 e. The van der Waals surface area contributed by atoms with E-state index < -0.39 is 0 Å². The van der Waals surface area contributed by atoms with E-state index in [1.54, 1.807) is 36.8 Å². The molecule has 0 bridgehead atoms. The monoisotopic (exact) mass is 417 g/mol. The Morgan fingerprint density at radius 1 is 1.21 bits per heavy atom. The number of nitrogens with zero attached hydrogens (tertiary/aromatic N) is 3. The zero-order valence-corrected chi connectivity index (χ0v) is 17.2. The molecule has 0 saturated carbocycles. The molecular weight excluding hydrogens is 397 g/mol. The minimum absolute atomic E-state index is 0.0446. The molecular formula is C21H21Cl2N3O2. The van der Waals surface area contributed by atoms with Crippen LogP contribution in [-0.4, -0.2) is 26.8 Å². The summed E-state index contributed by atoms with van der Waals surface area (Å²) in [6, 6.07) is 9.10. The smallest absolute Gasteiger partial charge is 0.223 e. The number of carbonyl (C=O) groups is 1. The lowest BCUT2D eigenvalue weighted by Gasteiger charge is -2.26. The number of amides is 1. The molecule has 2 aromatic heterocycles. The molecule has 0 aliphatic rings. The van der Waals surface area contributed by atoms with Crippen LogP contribution in [0, 0.1) is 0 Å². The summed E-state index contributed by atoms with van der Waals surface area (Å²) < 4.78 is 5.78. The molecule has 3 rings (SSSR count). The van der Waals surface area contributed by atoms with E-state index >= 15 is 0 Å². The van der Waals surface area contributed by atoms with Crippen molar-refractivity contribution in [3.05, 3.63) is 70.4 Å². The van der Waals surface area contributed by atoms with Crippen molar-refractivity contribution in [2.75, 3.05) is 0 Å². The van der Waals surface area contributed by atoms with Crippen LogP contribution in [0.1, 0.15) is 31.7 Å². The first-order valence-electron chi connectivity index (χ1n) is 9.02. The van der Waals surface area contributed by atoms with E-state index in [1.165, 1.54) is 0 Å². The Morgan fingerprint density at radius 2 is 2.04 bits per heavy atom. The number of rotatable bonds is 7. The van der Waals surface area contributed by atoms with Gasteiger partial charge in [-0.15, -0.1) is 0 Å². The predicted octanol–water partition coefficient (Wildman–Crippen LogP) is 5.41. The summed E-state index contributed by atoms with van der Waals surface area (Å²) in [4.78, 5) is 23.0. The second-order valence-electron chi connectivity index (χ2n) is 6.72. The van der Waals surface area contributed by atoms with Crippen LogP contribution in [0.5, 0.6) is 0 Å². The Morgan fingerprint density at radius 3 is 2.71 bits per heavy atom. The van der Waals surface area contributed by atoms with Gasteiger partial charge in [-0.25, -0.2) is 4.98 Å². The van der Waals surface area contributed by atoms with E-state index in [-0.39, 0.29) is 11.9 Å². The van der Waals surface area contributed by atoms with Crippen LogP contribution in [0.15, 0.2) is 53.3 Å². The van der Waals surface area contributed by atoms with Crippen LogP contribution < -0.4 is 0 Å². The summed E-state index contributed by atoms with van der Waals surface area (Å²) in [5.41, 5.74) is 1.72. The van der Waals surface area contributed by atoms with Gasteiger partial charge in [-0.05, 0) is 43.7 Å². The van der Waals surface area contributed by atoms with Crippen molar-refractivity contribution in [1.82, 2.24) is 14.9 Å². The average Bonchev–Trinajstić information content (AvgIpc) is 3.13. The highest BCUT2D eigenvalue weighted by Gasteiger charge is 2.19. The molecule has 0 fully saturated rings. The van der Waals surface area contributed by atoms with Gasteiger partial charge in [-0.1, -0.05) is 29.3 Å². The Balaban J connectivity index is 1.64. The van der Waals surface area contributed by atoms with Crippen molar-refractivity contribution in [3.63, 3.8) is 0 Å². The molecule has 7 heteroatoms. The van der Waals surface area contributed by atoms with Crippen LogP contribution in [0.3, 0.4) is 0 Å². The third-order valence-corrected chi connectivity index (χ3v) is 4.87. The predicted molar refractivity (Wildman–Crippen MR) is 110 cm³/mol. The van der Waals surface area contributed by atoms with Gasteiger partial charge in [-0.2, -0.15) is 0 Å². The molecule has 0 aliphatic carbocycles. The molecule has 0 unspecified atom stereocenters. The number of hydrogen-bond donors (Lipinski definition) is 0. The molecule has 0 saturated heterocycles. The van der Waals surface area contributed by atoms with Crippen LogP contribution in [0.4, 0.5) is 0 Å². The summed E-state index contributed by atoms with van der Waals surface area (Å²) in [5, 5.41) is 1.05. The lowest BCUT2D eigenvalue weighted by molar-refractivity contribution is -0.133. The van der Waals surface area contributed by atoms with E-state index in [2.05, 4.69) is 9.97 Å². The molecule has 0 aliphatic heterocycles. The van der Waals surface area contributed by atoms with Crippen molar-refractivity contribution < 1.29 is 9.21 Å². The number of pyridine rings is 1. The van der Waals surface area contributed by atoms with Crippen LogP contribution in [0.25, 0.3) is 11.3 Å². The lowest BCUT2D eigenvalue weighted by Crippen LogP contribution is -2.36. The van der Waals surface area contributed by atoms with Gasteiger partial charge >= 0.3 is 0 Å². The molecule has 146 valence electrons. The topological polar surface area (TPSA) is 59.2 Å². The minimum atomic E-state index is 0.0446. The maximum atomic E-state index is 12.7. The number of aryl methyl sites for hydroxylation is 1. The second-order valence-corrected chi connectivity index (χ2v) is 7.56. The molecule has 28 heavy (non-hydrogen) atoms. The fourth-order valence-corrected chi connectivity index (χ4v) is 3.35. The third kappa shape index (κ3) is 5.12. The van der Waals surface area contributed by atoms with Gasteiger partial charge in [0, 0.05) is 48.4 Å². The summed E-state index contributed by atoms with van der Waals surface area (Å²) in [7, 11) is 0. The Bertz CT molecular complexity index is 942. The zero-order valence-electron chi connectivity index (χ0n) is 15.7. The number of carbonyl (C=O) groups excluding carboxylic acids is 1. The number of hydrogen-bond acceptors (Lipinski definition) is 4. The quantitative estimate of drug-likeness (QED) is 0.515. The van der Waals surface area contributed by atoms with Crippen molar-refractivity contribution in [3.8, 4) is 11.3 Å². The Labute approximate surface area is 174 Å². The third-order valence-electron chi connectivity index (χ3n) is 4.32. The van der Waals surface area contributed by atoms with Crippen molar-refractivity contribution in [2.24, 2.45) is 0 Å². The first-order valence-corrected chi connectivity index (χ1v) is 9.78. The van der Waals surface area contributed by atoms with Gasteiger partial charge in [0.2, 0.25) is 5.91 Å². The van der Waals surface area contributed by atoms with Crippen molar-refractivity contribution >= 4 is 29.1 Å². The van der Waals surface area contributed by atoms with Crippen molar-refractivity contribution in [2.45, 2.75) is 39.3 Å². The molecule has 0 atom stereocenters. The van der Waals surface area contributed by atoms with E-state index in [0.29, 0.717) is 41.1 Å². The van der Waals surface area contributed by atoms with Gasteiger partial charge in [-0.3, -0.25) is 9.78 Å². The first kappa shape index (κ1) is 20.4. The van der Waals surface area contributed by atoms with E-state index in [4.69, 9.17) is 27.6 Å². The highest BCUT2D eigenvalue weighted by Crippen LogP contribution is 2.30. The lowest BCUT2D eigenvalue weighted by atomic mass is 10.2. The Hall–Kier alpha value is -2.37. The van der Waals surface area contributed by atoms with Gasteiger partial charge in [0.1, 0.15) is 0 Å². The number of benzene rings is 1. The molecule has 5 nitrogen and oxygen atoms in total. The van der Waals surface area contributed by atoms with Crippen LogP contribution in [0.2, 0.25) is 10.0 Å². The molecule has 0 radical (unpaired) electrons. The van der Waals surface area contributed by atoms with Crippen molar-refractivity contribution in [1.29, 1.82) is 0 Å². The Kier molecular flexibility index (Phi) is 6.70. The number of aromatic nitrogens is 2. The normalized spacial score (nSPS) is 11.0. The zero-order chi connectivity index (χ0) is 20.1. The van der Waals surface area contributed by atoms with Gasteiger partial charge < -0.3 is 9.32 Å². The maximum absolute atomic E-state index is 12.7. The molecule has 0 spiro atoms. The fraction of sp³-hybridized carbons (Fsp3) is 0.286. The highest BCUT2D eigenvalue weighted by atomic mass is 35.5. The molecule has 1 amide bonds. The highest BCUT2D eigenvalue weighted by molar-refractivity contribution is 6.36. The molecule has 2 heterocycles.